The fraction of sp³-hybridized carbons (Fsp3) is 0.333. The molecule has 0 unspecified atom stereocenters. The number of piperidine rings is 1. The van der Waals surface area contributed by atoms with Crippen molar-refractivity contribution in [2.75, 3.05) is 25.5 Å². The fourth-order valence-electron chi connectivity index (χ4n) is 3.87. The van der Waals surface area contributed by atoms with Gasteiger partial charge in [-0.15, -0.1) is 5.06 Å². The number of nitrogens with zero attached hydrogens (tertiary/aromatic N) is 2. The number of rotatable bonds is 4. The minimum Gasteiger partial charge on any atom is -0.373 e. The first-order valence-electron chi connectivity index (χ1n) is 9.81. The summed E-state index contributed by atoms with van der Waals surface area (Å²) in [5, 5.41) is 11.3. The summed E-state index contributed by atoms with van der Waals surface area (Å²) in [5.41, 5.74) is -0.702. The number of anilines is 1. The number of carbonyl (C=O) groups excluding carboxylic acids is 1. The molecule has 1 aliphatic heterocycles. The topological polar surface area (TPSA) is 79.5 Å². The molecule has 0 bridgehead atoms. The second-order valence-corrected chi connectivity index (χ2v) is 7.85. The zero-order valence-electron chi connectivity index (χ0n) is 17.0. The van der Waals surface area contributed by atoms with Crippen LogP contribution in [0.3, 0.4) is 0 Å². The molecule has 2 aromatic carbocycles. The highest BCUT2D eigenvalue weighted by Crippen LogP contribution is 2.41. The van der Waals surface area contributed by atoms with Gasteiger partial charge in [-0.25, -0.2) is 4.79 Å². The minimum atomic E-state index is -4.57. The number of halogens is 4. The Bertz CT molecular complexity index is 1130. The number of alkyl halides is 3. The van der Waals surface area contributed by atoms with E-state index in [2.05, 4.69) is 15.5 Å². The van der Waals surface area contributed by atoms with Gasteiger partial charge in [0.1, 0.15) is 0 Å². The first kappa shape index (κ1) is 22.4. The number of benzene rings is 2. The summed E-state index contributed by atoms with van der Waals surface area (Å²) in [4.78, 5) is 17.7. The zero-order valence-corrected chi connectivity index (χ0v) is 17.8. The molecule has 1 aromatic heterocycles. The van der Waals surface area contributed by atoms with Crippen LogP contribution in [-0.4, -0.2) is 41.6 Å². The van der Waals surface area contributed by atoms with Crippen molar-refractivity contribution in [2.24, 2.45) is 0 Å². The van der Waals surface area contributed by atoms with Crippen LogP contribution < -0.4 is 5.32 Å². The Morgan fingerprint density at radius 1 is 1.22 bits per heavy atom. The molecule has 0 radical (unpaired) electrons. The van der Waals surface area contributed by atoms with Gasteiger partial charge in [0.05, 0.1) is 21.7 Å². The van der Waals surface area contributed by atoms with E-state index >= 15 is 0 Å². The lowest BCUT2D eigenvalue weighted by atomic mass is 9.84. The van der Waals surface area contributed by atoms with Crippen LogP contribution in [-0.2, 0) is 21.4 Å². The summed E-state index contributed by atoms with van der Waals surface area (Å²) >= 11 is 5.74. The van der Waals surface area contributed by atoms with Crippen LogP contribution in [0.1, 0.15) is 24.0 Å². The van der Waals surface area contributed by atoms with Gasteiger partial charge in [0.25, 0.3) is 0 Å². The lowest BCUT2D eigenvalue weighted by Gasteiger charge is -2.40. The number of nitrogens with one attached hydrogen (secondary N) is 2. The number of carbonyl (C=O) groups is 1. The van der Waals surface area contributed by atoms with Crippen molar-refractivity contribution >= 4 is 34.4 Å². The number of amides is 1. The third-order valence-electron chi connectivity index (χ3n) is 5.62. The summed E-state index contributed by atoms with van der Waals surface area (Å²) in [7, 11) is 1.45. The maximum Gasteiger partial charge on any atom is 0.432 e. The first-order valence-corrected chi connectivity index (χ1v) is 10.2. The third-order valence-corrected chi connectivity index (χ3v) is 5.95. The van der Waals surface area contributed by atoms with Crippen LogP contribution in [0.15, 0.2) is 42.5 Å². The van der Waals surface area contributed by atoms with E-state index in [0.29, 0.717) is 24.2 Å². The van der Waals surface area contributed by atoms with E-state index in [-0.39, 0.29) is 18.1 Å². The van der Waals surface area contributed by atoms with Gasteiger partial charge in [-0.3, -0.25) is 10.4 Å². The van der Waals surface area contributed by atoms with E-state index in [9.17, 15) is 18.0 Å². The third kappa shape index (κ3) is 4.38. The first-order chi connectivity index (χ1) is 15.2. The summed E-state index contributed by atoms with van der Waals surface area (Å²) in [6.45, 7) is 0.541. The molecule has 11 heteroatoms. The molecule has 1 amide bonds. The van der Waals surface area contributed by atoms with E-state index in [4.69, 9.17) is 21.2 Å². The molecule has 4 rings (SSSR count). The van der Waals surface area contributed by atoms with Crippen molar-refractivity contribution in [3.63, 3.8) is 0 Å². The molecule has 0 atom stereocenters. The number of hydroxylamine groups is 2. The number of ether oxygens (including phenoxy) is 1. The van der Waals surface area contributed by atoms with Crippen molar-refractivity contribution < 1.29 is 27.5 Å². The molecule has 2 N–H and O–H groups in total. The summed E-state index contributed by atoms with van der Waals surface area (Å²) in [6, 6.07) is 11.1. The van der Waals surface area contributed by atoms with Crippen molar-refractivity contribution in [3.8, 4) is 0 Å². The van der Waals surface area contributed by atoms with Gasteiger partial charge in [-0.1, -0.05) is 29.8 Å². The Morgan fingerprint density at radius 3 is 2.62 bits per heavy atom. The molecule has 0 saturated carbocycles. The van der Waals surface area contributed by atoms with Crippen LogP contribution in [0, 0.1) is 0 Å². The average Bonchev–Trinajstić information content (AvgIpc) is 3.17. The molecule has 32 heavy (non-hydrogen) atoms. The number of aromatic nitrogens is 2. The van der Waals surface area contributed by atoms with Gasteiger partial charge < -0.3 is 9.57 Å². The predicted molar refractivity (Wildman–Crippen MR) is 112 cm³/mol. The second-order valence-electron chi connectivity index (χ2n) is 7.44. The van der Waals surface area contributed by atoms with Gasteiger partial charge >= 0.3 is 12.3 Å². The molecule has 3 aromatic rings. The SMILES string of the molecule is COC1(c2ccc(Cl)c(C(F)(F)F)c2)CCN(OC(=O)Nc2n[nH]c3ccccc23)CC1. The Balaban J connectivity index is 1.42. The smallest absolute Gasteiger partial charge is 0.373 e. The number of fused-ring (bicyclic) bond motifs is 1. The Morgan fingerprint density at radius 2 is 1.94 bits per heavy atom. The molecular weight excluding hydrogens is 449 g/mol. The van der Waals surface area contributed by atoms with Crippen LogP contribution >= 0.6 is 11.6 Å². The molecular formula is C21H20ClF3N4O3. The molecule has 1 aliphatic rings. The lowest BCUT2D eigenvalue weighted by Crippen LogP contribution is -2.45. The van der Waals surface area contributed by atoms with Gasteiger partial charge in [0.2, 0.25) is 0 Å². The standard InChI is InChI=1S/C21H20ClF3N4O3/c1-31-20(13-6-7-16(22)15(12-13)21(23,24)25)8-10-29(11-9-20)32-19(30)26-18-14-4-2-3-5-17(14)27-28-18/h2-7,12H,8-11H2,1H3,(H2,26,27,28,30). The highest BCUT2D eigenvalue weighted by molar-refractivity contribution is 6.31. The number of aromatic amines is 1. The molecule has 170 valence electrons. The molecule has 7 nitrogen and oxygen atoms in total. The zero-order chi connectivity index (χ0) is 22.9. The summed E-state index contributed by atoms with van der Waals surface area (Å²) in [6.07, 6.45) is -4.64. The van der Waals surface area contributed by atoms with E-state index in [1.807, 2.05) is 24.3 Å². The average molecular weight is 469 g/mol. The molecule has 0 aliphatic carbocycles. The number of hydrogen-bond acceptors (Lipinski definition) is 5. The fourth-order valence-corrected chi connectivity index (χ4v) is 4.10. The van der Waals surface area contributed by atoms with Crippen molar-refractivity contribution in [1.82, 2.24) is 15.3 Å². The maximum atomic E-state index is 13.3. The normalized spacial score (nSPS) is 16.8. The Labute approximate surface area is 186 Å². The number of H-pyrrole nitrogens is 1. The van der Waals surface area contributed by atoms with Gasteiger partial charge in [0.15, 0.2) is 5.82 Å². The predicted octanol–water partition coefficient (Wildman–Crippen LogP) is 5.34. The maximum absolute atomic E-state index is 13.3. The highest BCUT2D eigenvalue weighted by atomic mass is 35.5. The van der Waals surface area contributed by atoms with E-state index in [1.54, 1.807) is 0 Å². The molecule has 2 heterocycles. The number of methoxy groups -OCH3 is 1. The van der Waals surface area contributed by atoms with Crippen LogP contribution in [0.2, 0.25) is 5.02 Å². The quantitative estimate of drug-likeness (QED) is 0.540. The Hall–Kier alpha value is -2.82. The summed E-state index contributed by atoms with van der Waals surface area (Å²) in [5.74, 6) is 0.342. The van der Waals surface area contributed by atoms with Crippen LogP contribution in [0.4, 0.5) is 23.8 Å². The minimum absolute atomic E-state index is 0.270. The molecule has 1 fully saturated rings. The van der Waals surface area contributed by atoms with E-state index < -0.39 is 23.4 Å². The number of hydrogen-bond donors (Lipinski definition) is 2. The lowest BCUT2D eigenvalue weighted by molar-refractivity contribution is -0.157. The molecule has 1 saturated heterocycles. The van der Waals surface area contributed by atoms with Crippen LogP contribution in [0.25, 0.3) is 10.9 Å². The Kier molecular flexibility index (Phi) is 6.02. The van der Waals surface area contributed by atoms with E-state index in [1.165, 1.54) is 24.3 Å². The summed E-state index contributed by atoms with van der Waals surface area (Å²) < 4.78 is 45.5. The van der Waals surface area contributed by atoms with Crippen LogP contribution in [0.5, 0.6) is 0 Å². The van der Waals surface area contributed by atoms with Gasteiger partial charge in [-0.05, 0) is 42.7 Å². The largest absolute Gasteiger partial charge is 0.432 e. The van der Waals surface area contributed by atoms with Crippen molar-refractivity contribution in [1.29, 1.82) is 0 Å². The van der Waals surface area contributed by atoms with Gasteiger partial charge in [0, 0.05) is 25.6 Å². The highest BCUT2D eigenvalue weighted by Gasteiger charge is 2.40. The van der Waals surface area contributed by atoms with Crippen molar-refractivity contribution in [2.45, 2.75) is 24.6 Å². The molecule has 0 spiro atoms. The second kappa shape index (κ2) is 8.61. The van der Waals surface area contributed by atoms with Gasteiger partial charge in [-0.2, -0.15) is 18.3 Å². The van der Waals surface area contributed by atoms with Crippen molar-refractivity contribution in [3.05, 3.63) is 58.6 Å². The van der Waals surface area contributed by atoms with E-state index in [0.717, 1.165) is 17.0 Å². The number of para-hydroxylation sites is 1. The monoisotopic (exact) mass is 468 g/mol.